The highest BCUT2D eigenvalue weighted by atomic mass is 32.1. The van der Waals surface area contributed by atoms with Gasteiger partial charge in [-0.3, -0.25) is 14.5 Å². The van der Waals surface area contributed by atoms with Gasteiger partial charge in [0.15, 0.2) is 0 Å². The van der Waals surface area contributed by atoms with Crippen molar-refractivity contribution >= 4 is 33.4 Å². The summed E-state index contributed by atoms with van der Waals surface area (Å²) in [6, 6.07) is 12.6. The maximum atomic E-state index is 12.2. The number of rotatable bonds is 1. The molecule has 0 spiro atoms. The fourth-order valence-corrected chi connectivity index (χ4v) is 3.25. The maximum Gasteiger partial charge on any atom is 0.262 e. The fourth-order valence-electron chi connectivity index (χ4n) is 2.54. The van der Waals surface area contributed by atoms with Crippen molar-refractivity contribution in [3.05, 3.63) is 64.7 Å². The minimum atomic E-state index is -0.280. The minimum Gasteiger partial charge on any atom is -0.269 e. The fraction of sp³-hybridized carbons (Fsp3) is 0.0556. The molecular weight excluding hydrogens is 308 g/mol. The molecule has 0 bridgehead atoms. The van der Waals surface area contributed by atoms with Gasteiger partial charge in [-0.05, 0) is 30.3 Å². The molecule has 3 aromatic rings. The van der Waals surface area contributed by atoms with Gasteiger partial charge in [-0.25, -0.2) is 4.98 Å². The van der Waals surface area contributed by atoms with Crippen LogP contribution in [0, 0.1) is 11.8 Å². The van der Waals surface area contributed by atoms with Gasteiger partial charge in [0.25, 0.3) is 11.8 Å². The molecule has 2 heterocycles. The van der Waals surface area contributed by atoms with Crippen molar-refractivity contribution in [1.29, 1.82) is 0 Å². The second-order valence-electron chi connectivity index (χ2n) is 5.08. The summed E-state index contributed by atoms with van der Waals surface area (Å²) in [5, 5.41) is 0. The van der Waals surface area contributed by atoms with Crippen LogP contribution in [0.1, 0.15) is 26.3 Å². The van der Waals surface area contributed by atoms with Crippen molar-refractivity contribution in [1.82, 2.24) is 9.88 Å². The molecule has 1 aliphatic heterocycles. The average Bonchev–Trinajstić information content (AvgIpc) is 3.13. The quantitative estimate of drug-likeness (QED) is 0.512. The van der Waals surface area contributed by atoms with E-state index in [1.54, 1.807) is 41.1 Å². The number of thiazole rings is 1. The Labute approximate surface area is 136 Å². The maximum absolute atomic E-state index is 12.2. The Morgan fingerprint density at radius 1 is 1.04 bits per heavy atom. The number of imide groups is 1. The van der Waals surface area contributed by atoms with Crippen LogP contribution in [0.4, 0.5) is 0 Å². The molecule has 23 heavy (non-hydrogen) atoms. The molecule has 0 fully saturated rings. The van der Waals surface area contributed by atoms with Crippen LogP contribution in [0.3, 0.4) is 0 Å². The monoisotopic (exact) mass is 318 g/mol. The number of amides is 2. The first-order chi connectivity index (χ1) is 11.2. The molecule has 0 aliphatic carbocycles. The minimum absolute atomic E-state index is 0.0904. The molecule has 0 atom stereocenters. The molecule has 0 radical (unpaired) electrons. The summed E-state index contributed by atoms with van der Waals surface area (Å²) >= 11 is 1.56. The van der Waals surface area contributed by atoms with Crippen molar-refractivity contribution in [2.24, 2.45) is 0 Å². The smallest absolute Gasteiger partial charge is 0.262 e. The number of carbonyl (C=O) groups is 2. The first-order valence-corrected chi connectivity index (χ1v) is 7.89. The third-order valence-electron chi connectivity index (χ3n) is 3.68. The lowest BCUT2D eigenvalue weighted by atomic mass is 10.1. The Kier molecular flexibility index (Phi) is 3.18. The molecule has 2 amide bonds. The second kappa shape index (κ2) is 5.34. The summed E-state index contributed by atoms with van der Waals surface area (Å²) in [4.78, 5) is 29.8. The van der Waals surface area contributed by atoms with Crippen LogP contribution in [0.5, 0.6) is 0 Å². The second-order valence-corrected chi connectivity index (χ2v) is 5.97. The summed E-state index contributed by atoms with van der Waals surface area (Å²) in [7, 11) is 0. The summed E-state index contributed by atoms with van der Waals surface area (Å²) in [6.45, 7) is 0.0904. The van der Waals surface area contributed by atoms with E-state index in [0.29, 0.717) is 11.1 Å². The Balaban J connectivity index is 1.56. The summed E-state index contributed by atoms with van der Waals surface area (Å²) < 4.78 is 1.07. The van der Waals surface area contributed by atoms with E-state index < -0.39 is 0 Å². The van der Waals surface area contributed by atoms with E-state index >= 15 is 0 Å². The van der Waals surface area contributed by atoms with Crippen molar-refractivity contribution in [2.45, 2.75) is 0 Å². The van der Waals surface area contributed by atoms with Crippen molar-refractivity contribution in [3.8, 4) is 11.8 Å². The van der Waals surface area contributed by atoms with E-state index in [1.165, 1.54) is 4.90 Å². The standard InChI is InChI=1S/C18H10N2O2S/c21-17-13-5-1-2-6-14(13)18(22)20(17)9-3-4-12-7-8-15-16(10-12)23-11-19-15/h1-2,5-8,10-11H,9H2. The Morgan fingerprint density at radius 2 is 1.78 bits per heavy atom. The lowest BCUT2D eigenvalue weighted by molar-refractivity contribution is 0.0675. The van der Waals surface area contributed by atoms with E-state index in [2.05, 4.69) is 16.8 Å². The Morgan fingerprint density at radius 3 is 2.52 bits per heavy atom. The zero-order valence-corrected chi connectivity index (χ0v) is 12.8. The highest BCUT2D eigenvalue weighted by Crippen LogP contribution is 2.22. The first-order valence-electron chi connectivity index (χ1n) is 7.01. The third kappa shape index (κ3) is 2.30. The first kappa shape index (κ1) is 13.7. The van der Waals surface area contributed by atoms with Crippen LogP contribution in [-0.2, 0) is 0 Å². The van der Waals surface area contributed by atoms with Gasteiger partial charge in [-0.1, -0.05) is 24.0 Å². The van der Waals surface area contributed by atoms with E-state index in [-0.39, 0.29) is 18.4 Å². The highest BCUT2D eigenvalue weighted by Gasteiger charge is 2.34. The molecule has 4 nitrogen and oxygen atoms in total. The van der Waals surface area contributed by atoms with Crippen LogP contribution in [0.15, 0.2) is 48.0 Å². The molecular formula is C18H10N2O2S. The van der Waals surface area contributed by atoms with Gasteiger partial charge >= 0.3 is 0 Å². The highest BCUT2D eigenvalue weighted by molar-refractivity contribution is 7.16. The van der Waals surface area contributed by atoms with Crippen LogP contribution in [0.25, 0.3) is 10.2 Å². The average molecular weight is 318 g/mol. The largest absolute Gasteiger partial charge is 0.269 e. The summed E-state index contributed by atoms with van der Waals surface area (Å²) in [6.07, 6.45) is 0. The third-order valence-corrected chi connectivity index (χ3v) is 4.47. The van der Waals surface area contributed by atoms with Crippen molar-refractivity contribution in [3.63, 3.8) is 0 Å². The van der Waals surface area contributed by atoms with Crippen LogP contribution < -0.4 is 0 Å². The number of aromatic nitrogens is 1. The molecule has 1 aliphatic rings. The Bertz CT molecular complexity index is 975. The number of fused-ring (bicyclic) bond motifs is 2. The van der Waals surface area contributed by atoms with Gasteiger partial charge in [-0.15, -0.1) is 11.3 Å². The SMILES string of the molecule is O=C1c2ccccc2C(=O)N1CC#Cc1ccc2ncsc2c1. The lowest BCUT2D eigenvalue weighted by Gasteiger charge is -2.08. The topological polar surface area (TPSA) is 50.3 Å². The predicted octanol–water partition coefficient (Wildman–Crippen LogP) is 2.94. The molecule has 2 aromatic carbocycles. The molecule has 0 unspecified atom stereocenters. The van der Waals surface area contributed by atoms with E-state index in [4.69, 9.17) is 0 Å². The van der Waals surface area contributed by atoms with Gasteiger partial charge in [0, 0.05) is 5.56 Å². The number of nitrogens with zero attached hydrogens (tertiary/aromatic N) is 2. The van der Waals surface area contributed by atoms with Crippen LogP contribution >= 0.6 is 11.3 Å². The summed E-state index contributed by atoms with van der Waals surface area (Å²) in [5.74, 6) is 5.36. The van der Waals surface area contributed by atoms with Gasteiger partial charge < -0.3 is 0 Å². The van der Waals surface area contributed by atoms with Gasteiger partial charge in [0.05, 0.1) is 33.4 Å². The van der Waals surface area contributed by atoms with Gasteiger partial charge in [0.1, 0.15) is 0 Å². The van der Waals surface area contributed by atoms with Crippen molar-refractivity contribution in [2.75, 3.05) is 6.54 Å². The zero-order valence-electron chi connectivity index (χ0n) is 11.9. The van der Waals surface area contributed by atoms with Crippen molar-refractivity contribution < 1.29 is 9.59 Å². The molecule has 4 rings (SSSR count). The predicted molar refractivity (Wildman–Crippen MR) is 88.3 cm³/mol. The van der Waals surface area contributed by atoms with Gasteiger partial charge in [-0.2, -0.15) is 0 Å². The lowest BCUT2D eigenvalue weighted by Crippen LogP contribution is -2.29. The molecule has 5 heteroatoms. The Hall–Kier alpha value is -2.97. The van der Waals surface area contributed by atoms with E-state index in [0.717, 1.165) is 15.8 Å². The number of benzene rings is 2. The van der Waals surface area contributed by atoms with Gasteiger partial charge in [0.2, 0.25) is 0 Å². The molecule has 1 aromatic heterocycles. The zero-order chi connectivity index (χ0) is 15.8. The number of hydrogen-bond donors (Lipinski definition) is 0. The van der Waals surface area contributed by atoms with E-state index in [9.17, 15) is 9.59 Å². The molecule has 0 saturated heterocycles. The van der Waals surface area contributed by atoms with Crippen LogP contribution in [0.2, 0.25) is 0 Å². The molecule has 0 saturated carbocycles. The normalized spacial score (nSPS) is 13.1. The molecule has 0 N–H and O–H groups in total. The van der Waals surface area contributed by atoms with E-state index in [1.807, 2.05) is 18.2 Å². The summed E-state index contributed by atoms with van der Waals surface area (Å²) in [5.41, 5.74) is 4.48. The molecule has 110 valence electrons. The number of hydrogen-bond acceptors (Lipinski definition) is 4. The van der Waals surface area contributed by atoms with Crippen LogP contribution in [-0.4, -0.2) is 28.2 Å². The number of carbonyl (C=O) groups excluding carboxylic acids is 2.